The van der Waals surface area contributed by atoms with Crippen LogP contribution in [-0.2, 0) is 0 Å². The Bertz CT molecular complexity index is 532. The normalized spacial score (nSPS) is 10.9. The predicted molar refractivity (Wildman–Crippen MR) is 58.0 cm³/mol. The Morgan fingerprint density at radius 1 is 1.43 bits per heavy atom. The highest BCUT2D eigenvalue weighted by Crippen LogP contribution is 2.23. The van der Waals surface area contributed by atoms with Crippen molar-refractivity contribution in [2.24, 2.45) is 0 Å². The molecule has 2 aromatic rings. The van der Waals surface area contributed by atoms with Crippen molar-refractivity contribution in [2.75, 3.05) is 0 Å². The molecule has 0 fully saturated rings. The molecule has 0 amide bonds. The minimum Gasteiger partial charge on any atom is -0.361 e. The van der Waals surface area contributed by atoms with Gasteiger partial charge in [0.25, 0.3) is 0 Å². The zero-order valence-electron chi connectivity index (χ0n) is 7.29. The van der Waals surface area contributed by atoms with Gasteiger partial charge in [-0.25, -0.2) is 0 Å². The first kappa shape index (κ1) is 8.86. The van der Waals surface area contributed by atoms with E-state index >= 15 is 0 Å². The maximum Gasteiger partial charge on any atom is 0.0912 e. The van der Waals surface area contributed by atoms with E-state index in [0.29, 0.717) is 5.02 Å². The standard InChI is InChI=1S/C11H7ClN2/c12-9-3-4-11-10(6-9)8(7-14-11)2-1-5-13/h1-4,6-7,14H/b2-1+. The van der Waals surface area contributed by atoms with E-state index in [0.717, 1.165) is 16.5 Å². The molecule has 0 spiro atoms. The second-order valence-corrected chi connectivity index (χ2v) is 3.33. The second-order valence-electron chi connectivity index (χ2n) is 2.90. The molecule has 0 unspecified atom stereocenters. The summed E-state index contributed by atoms with van der Waals surface area (Å²) in [6, 6.07) is 7.59. The molecule has 1 N–H and O–H groups in total. The van der Waals surface area contributed by atoms with E-state index in [-0.39, 0.29) is 0 Å². The van der Waals surface area contributed by atoms with Crippen LogP contribution in [0.1, 0.15) is 5.56 Å². The van der Waals surface area contributed by atoms with Crippen LogP contribution in [0.3, 0.4) is 0 Å². The third-order valence-electron chi connectivity index (χ3n) is 2.01. The molecule has 0 saturated carbocycles. The molecule has 0 aliphatic rings. The van der Waals surface area contributed by atoms with Gasteiger partial charge in [-0.3, -0.25) is 0 Å². The van der Waals surface area contributed by atoms with Crippen LogP contribution in [0, 0.1) is 11.3 Å². The molecular weight excluding hydrogens is 196 g/mol. The first-order valence-corrected chi connectivity index (χ1v) is 4.52. The minimum absolute atomic E-state index is 0.698. The lowest BCUT2D eigenvalue weighted by atomic mass is 10.1. The van der Waals surface area contributed by atoms with Crippen molar-refractivity contribution < 1.29 is 0 Å². The first-order chi connectivity index (χ1) is 6.81. The van der Waals surface area contributed by atoms with E-state index in [1.165, 1.54) is 6.08 Å². The van der Waals surface area contributed by atoms with E-state index < -0.39 is 0 Å². The Morgan fingerprint density at radius 3 is 3.07 bits per heavy atom. The number of benzene rings is 1. The zero-order valence-corrected chi connectivity index (χ0v) is 8.05. The van der Waals surface area contributed by atoms with E-state index in [4.69, 9.17) is 16.9 Å². The summed E-state index contributed by atoms with van der Waals surface area (Å²) in [6.45, 7) is 0. The third-order valence-corrected chi connectivity index (χ3v) is 2.25. The number of hydrogen-bond acceptors (Lipinski definition) is 1. The first-order valence-electron chi connectivity index (χ1n) is 4.14. The fourth-order valence-electron chi connectivity index (χ4n) is 1.38. The van der Waals surface area contributed by atoms with Gasteiger partial charge in [0, 0.05) is 33.8 Å². The van der Waals surface area contributed by atoms with Crippen LogP contribution < -0.4 is 0 Å². The molecule has 1 aromatic carbocycles. The number of rotatable bonds is 1. The summed E-state index contributed by atoms with van der Waals surface area (Å²) < 4.78 is 0. The lowest BCUT2D eigenvalue weighted by Crippen LogP contribution is -1.69. The lowest BCUT2D eigenvalue weighted by molar-refractivity contribution is 1.47. The predicted octanol–water partition coefficient (Wildman–Crippen LogP) is 3.36. The average Bonchev–Trinajstić information content (AvgIpc) is 2.57. The Morgan fingerprint density at radius 2 is 2.29 bits per heavy atom. The Labute approximate surface area is 86.4 Å². The van der Waals surface area contributed by atoms with Crippen molar-refractivity contribution in [3.8, 4) is 6.07 Å². The topological polar surface area (TPSA) is 39.6 Å². The maximum atomic E-state index is 8.42. The molecule has 0 atom stereocenters. The second kappa shape index (κ2) is 3.57. The molecule has 68 valence electrons. The van der Waals surface area contributed by atoms with E-state index in [9.17, 15) is 0 Å². The van der Waals surface area contributed by atoms with Crippen molar-refractivity contribution in [1.29, 1.82) is 5.26 Å². The van der Waals surface area contributed by atoms with Crippen molar-refractivity contribution in [2.45, 2.75) is 0 Å². The van der Waals surface area contributed by atoms with Gasteiger partial charge in [0.1, 0.15) is 0 Å². The van der Waals surface area contributed by atoms with E-state index in [1.54, 1.807) is 6.08 Å². The van der Waals surface area contributed by atoms with Crippen LogP contribution in [0.2, 0.25) is 5.02 Å². The summed E-state index contributed by atoms with van der Waals surface area (Å²) in [5, 5.41) is 10.1. The fourth-order valence-corrected chi connectivity index (χ4v) is 1.55. The summed E-state index contributed by atoms with van der Waals surface area (Å²) in [7, 11) is 0. The van der Waals surface area contributed by atoms with Crippen LogP contribution in [0.5, 0.6) is 0 Å². The number of aromatic nitrogens is 1. The number of allylic oxidation sites excluding steroid dienone is 1. The van der Waals surface area contributed by atoms with Crippen LogP contribution >= 0.6 is 11.6 Å². The lowest BCUT2D eigenvalue weighted by Gasteiger charge is -1.92. The van der Waals surface area contributed by atoms with Gasteiger partial charge in [-0.2, -0.15) is 5.26 Å². The molecule has 0 radical (unpaired) electrons. The number of aromatic amines is 1. The summed E-state index contributed by atoms with van der Waals surface area (Å²) in [6.07, 6.45) is 5.06. The van der Waals surface area contributed by atoms with Gasteiger partial charge in [0.2, 0.25) is 0 Å². The molecule has 3 heteroatoms. The van der Waals surface area contributed by atoms with Crippen LogP contribution in [-0.4, -0.2) is 4.98 Å². The molecule has 0 saturated heterocycles. The Kier molecular flexibility index (Phi) is 2.26. The van der Waals surface area contributed by atoms with Gasteiger partial charge in [-0.05, 0) is 24.3 Å². The van der Waals surface area contributed by atoms with Crippen LogP contribution in [0.25, 0.3) is 17.0 Å². The Hall–Kier alpha value is -1.72. The highest BCUT2D eigenvalue weighted by atomic mass is 35.5. The number of nitrogens with zero attached hydrogens (tertiary/aromatic N) is 1. The van der Waals surface area contributed by atoms with Gasteiger partial charge in [0.15, 0.2) is 0 Å². The molecular formula is C11H7ClN2. The number of nitriles is 1. The fraction of sp³-hybridized carbons (Fsp3) is 0. The highest BCUT2D eigenvalue weighted by Gasteiger charge is 2.00. The molecule has 0 bridgehead atoms. The summed E-state index contributed by atoms with van der Waals surface area (Å²) >= 11 is 5.88. The van der Waals surface area contributed by atoms with Crippen LogP contribution in [0.15, 0.2) is 30.5 Å². The Balaban J connectivity index is 2.62. The molecule has 2 nitrogen and oxygen atoms in total. The van der Waals surface area contributed by atoms with Gasteiger partial charge < -0.3 is 4.98 Å². The monoisotopic (exact) mass is 202 g/mol. The minimum atomic E-state index is 0.698. The van der Waals surface area contributed by atoms with Gasteiger partial charge in [-0.15, -0.1) is 0 Å². The number of hydrogen-bond donors (Lipinski definition) is 1. The molecule has 14 heavy (non-hydrogen) atoms. The highest BCUT2D eigenvalue weighted by molar-refractivity contribution is 6.31. The number of fused-ring (bicyclic) bond motifs is 1. The SMILES string of the molecule is N#C/C=C/c1c[nH]c2ccc(Cl)cc12. The van der Waals surface area contributed by atoms with Crippen LogP contribution in [0.4, 0.5) is 0 Å². The average molecular weight is 203 g/mol. The van der Waals surface area contributed by atoms with Crippen molar-refractivity contribution in [1.82, 2.24) is 4.98 Å². The van der Waals surface area contributed by atoms with Crippen molar-refractivity contribution in [3.63, 3.8) is 0 Å². The van der Waals surface area contributed by atoms with Crippen molar-refractivity contribution in [3.05, 3.63) is 41.1 Å². The molecule has 0 aliphatic carbocycles. The quantitative estimate of drug-likeness (QED) is 0.708. The van der Waals surface area contributed by atoms with E-state index in [1.807, 2.05) is 30.5 Å². The van der Waals surface area contributed by atoms with Gasteiger partial charge in [-0.1, -0.05) is 11.6 Å². The molecule has 0 aliphatic heterocycles. The number of halogens is 1. The van der Waals surface area contributed by atoms with E-state index in [2.05, 4.69) is 4.98 Å². The molecule has 1 heterocycles. The largest absolute Gasteiger partial charge is 0.361 e. The number of nitrogens with one attached hydrogen (secondary N) is 1. The van der Waals surface area contributed by atoms with Gasteiger partial charge in [0.05, 0.1) is 6.07 Å². The third kappa shape index (κ3) is 1.50. The van der Waals surface area contributed by atoms with Gasteiger partial charge >= 0.3 is 0 Å². The van der Waals surface area contributed by atoms with Crippen molar-refractivity contribution >= 4 is 28.6 Å². The summed E-state index contributed by atoms with van der Waals surface area (Å²) in [5.41, 5.74) is 2.00. The zero-order chi connectivity index (χ0) is 9.97. The summed E-state index contributed by atoms with van der Waals surface area (Å²) in [4.78, 5) is 3.10. The molecule has 1 aromatic heterocycles. The number of H-pyrrole nitrogens is 1. The molecule has 2 rings (SSSR count). The maximum absolute atomic E-state index is 8.42. The smallest absolute Gasteiger partial charge is 0.0912 e. The summed E-state index contributed by atoms with van der Waals surface area (Å²) in [5.74, 6) is 0.